The van der Waals surface area contributed by atoms with Crippen LogP contribution in [0.4, 0.5) is 5.69 Å². The smallest absolute Gasteiger partial charge is 0.243 e. The first-order valence-corrected chi connectivity index (χ1v) is 10.0. The molecule has 0 amide bonds. The molecule has 25 heavy (non-hydrogen) atoms. The molecule has 0 radical (unpaired) electrons. The normalized spacial score (nSPS) is 19.0. The molecule has 0 bridgehead atoms. The molecular formula is C19H24N2O3S. The number of nitrogens with zero attached hydrogens (tertiary/aromatic N) is 2. The highest BCUT2D eigenvalue weighted by atomic mass is 32.2. The van der Waals surface area contributed by atoms with Crippen LogP contribution in [0.1, 0.15) is 13.8 Å². The molecule has 1 aliphatic heterocycles. The van der Waals surface area contributed by atoms with Crippen LogP contribution in [0.25, 0.3) is 0 Å². The molecule has 6 heteroatoms. The number of benzene rings is 2. The number of anilines is 1. The average Bonchev–Trinajstić information content (AvgIpc) is 2.63. The number of rotatable bonds is 5. The second-order valence-corrected chi connectivity index (χ2v) is 8.08. The molecular weight excluding hydrogens is 336 g/mol. The highest BCUT2D eigenvalue weighted by molar-refractivity contribution is 7.89. The summed E-state index contributed by atoms with van der Waals surface area (Å²) < 4.78 is 32.8. The molecule has 0 saturated carbocycles. The van der Waals surface area contributed by atoms with Crippen molar-refractivity contribution in [3.63, 3.8) is 0 Å². The van der Waals surface area contributed by atoms with Crippen molar-refractivity contribution in [2.75, 3.05) is 31.1 Å². The van der Waals surface area contributed by atoms with E-state index in [2.05, 4.69) is 24.0 Å². The Labute approximate surface area is 149 Å². The molecule has 134 valence electrons. The summed E-state index contributed by atoms with van der Waals surface area (Å²) in [6.07, 6.45) is 0. The lowest BCUT2D eigenvalue weighted by atomic mass is 10.2. The fourth-order valence-corrected chi connectivity index (χ4v) is 4.68. The second-order valence-electron chi connectivity index (χ2n) is 6.15. The van der Waals surface area contributed by atoms with Gasteiger partial charge in [0.25, 0.3) is 0 Å². The largest absolute Gasteiger partial charge is 0.494 e. The zero-order valence-electron chi connectivity index (χ0n) is 14.6. The lowest BCUT2D eigenvalue weighted by molar-refractivity contribution is 0.338. The van der Waals surface area contributed by atoms with Gasteiger partial charge in [0, 0.05) is 31.4 Å². The molecule has 0 N–H and O–H groups in total. The van der Waals surface area contributed by atoms with Crippen LogP contribution in [-0.4, -0.2) is 45.0 Å². The van der Waals surface area contributed by atoms with E-state index in [4.69, 9.17) is 4.74 Å². The minimum atomic E-state index is -3.48. The van der Waals surface area contributed by atoms with E-state index < -0.39 is 10.0 Å². The monoisotopic (exact) mass is 360 g/mol. The Morgan fingerprint density at radius 1 is 1.04 bits per heavy atom. The van der Waals surface area contributed by atoms with Crippen molar-refractivity contribution in [3.8, 4) is 5.75 Å². The molecule has 1 aliphatic rings. The van der Waals surface area contributed by atoms with Crippen LogP contribution in [0.15, 0.2) is 59.5 Å². The van der Waals surface area contributed by atoms with Crippen molar-refractivity contribution in [1.82, 2.24) is 4.31 Å². The predicted octanol–water partition coefficient (Wildman–Crippen LogP) is 2.98. The Hall–Kier alpha value is -2.05. The number of sulfonamides is 1. The quantitative estimate of drug-likeness (QED) is 0.822. The van der Waals surface area contributed by atoms with E-state index in [1.165, 1.54) is 0 Å². The maximum absolute atomic E-state index is 12.9. The van der Waals surface area contributed by atoms with Gasteiger partial charge >= 0.3 is 0 Å². The lowest BCUT2D eigenvalue weighted by Crippen LogP contribution is -2.53. The molecule has 0 aromatic heterocycles. The molecule has 1 heterocycles. The summed E-state index contributed by atoms with van der Waals surface area (Å²) in [5.74, 6) is 0.684. The van der Waals surface area contributed by atoms with Crippen LogP contribution in [0, 0.1) is 0 Å². The van der Waals surface area contributed by atoms with E-state index in [0.717, 1.165) is 5.69 Å². The van der Waals surface area contributed by atoms with E-state index in [1.54, 1.807) is 28.6 Å². The Morgan fingerprint density at radius 2 is 1.72 bits per heavy atom. The third kappa shape index (κ3) is 3.80. The first-order chi connectivity index (χ1) is 12.0. The van der Waals surface area contributed by atoms with Gasteiger partial charge in [0.15, 0.2) is 0 Å². The van der Waals surface area contributed by atoms with Gasteiger partial charge in [-0.3, -0.25) is 0 Å². The van der Waals surface area contributed by atoms with Gasteiger partial charge in [-0.1, -0.05) is 18.2 Å². The second kappa shape index (κ2) is 7.45. The summed E-state index contributed by atoms with van der Waals surface area (Å²) in [5, 5.41) is 0. The maximum atomic E-state index is 12.9. The number of ether oxygens (including phenoxy) is 1. The standard InChI is InChI=1S/C19H24N2O3S/c1-3-24-18-9-11-19(12-10-18)25(22,23)20-13-14-21(16(2)15-20)17-7-5-4-6-8-17/h4-12,16H,3,13-15H2,1-2H3. The summed E-state index contributed by atoms with van der Waals surface area (Å²) >= 11 is 0. The first-order valence-electron chi connectivity index (χ1n) is 8.57. The van der Waals surface area contributed by atoms with E-state index in [0.29, 0.717) is 36.9 Å². The molecule has 1 saturated heterocycles. The van der Waals surface area contributed by atoms with Gasteiger partial charge < -0.3 is 9.64 Å². The van der Waals surface area contributed by atoms with Gasteiger partial charge in [0.2, 0.25) is 10.0 Å². The van der Waals surface area contributed by atoms with Crippen molar-refractivity contribution in [1.29, 1.82) is 0 Å². The molecule has 2 aromatic rings. The minimum absolute atomic E-state index is 0.119. The minimum Gasteiger partial charge on any atom is -0.494 e. The summed E-state index contributed by atoms with van der Waals surface area (Å²) in [5.41, 5.74) is 1.13. The molecule has 1 unspecified atom stereocenters. The third-order valence-corrected chi connectivity index (χ3v) is 6.33. The van der Waals surface area contributed by atoms with Gasteiger partial charge in [-0.15, -0.1) is 0 Å². The third-order valence-electron chi connectivity index (χ3n) is 4.45. The van der Waals surface area contributed by atoms with Crippen LogP contribution in [0.3, 0.4) is 0 Å². The van der Waals surface area contributed by atoms with E-state index in [9.17, 15) is 8.42 Å². The fraction of sp³-hybridized carbons (Fsp3) is 0.368. The zero-order valence-corrected chi connectivity index (χ0v) is 15.4. The first kappa shape index (κ1) is 17.8. The van der Waals surface area contributed by atoms with Gasteiger partial charge in [0.1, 0.15) is 5.75 Å². The van der Waals surface area contributed by atoms with Crippen molar-refractivity contribution in [2.45, 2.75) is 24.8 Å². The summed E-state index contributed by atoms with van der Waals surface area (Å²) in [7, 11) is -3.48. The lowest BCUT2D eigenvalue weighted by Gasteiger charge is -2.40. The fourth-order valence-electron chi connectivity index (χ4n) is 3.17. The predicted molar refractivity (Wildman–Crippen MR) is 99.6 cm³/mol. The topological polar surface area (TPSA) is 49.9 Å². The van der Waals surface area contributed by atoms with Gasteiger partial charge in [-0.25, -0.2) is 8.42 Å². The van der Waals surface area contributed by atoms with Gasteiger partial charge in [-0.2, -0.15) is 4.31 Å². The van der Waals surface area contributed by atoms with Gasteiger partial charge in [0.05, 0.1) is 11.5 Å². The zero-order chi connectivity index (χ0) is 17.9. The molecule has 1 fully saturated rings. The maximum Gasteiger partial charge on any atom is 0.243 e. The number of piperazine rings is 1. The van der Waals surface area contributed by atoms with Crippen molar-refractivity contribution >= 4 is 15.7 Å². The van der Waals surface area contributed by atoms with E-state index >= 15 is 0 Å². The Bertz CT molecular complexity index is 791. The van der Waals surface area contributed by atoms with Crippen molar-refractivity contribution in [2.24, 2.45) is 0 Å². The molecule has 1 atom stereocenters. The summed E-state index contributed by atoms with van der Waals surface area (Å²) in [6.45, 7) is 6.16. The molecule has 2 aromatic carbocycles. The van der Waals surface area contributed by atoms with Gasteiger partial charge in [-0.05, 0) is 50.2 Å². The Kier molecular flexibility index (Phi) is 5.30. The van der Waals surface area contributed by atoms with Crippen molar-refractivity contribution < 1.29 is 13.2 Å². The molecule has 0 spiro atoms. The number of hydrogen-bond acceptors (Lipinski definition) is 4. The number of hydrogen-bond donors (Lipinski definition) is 0. The number of para-hydroxylation sites is 1. The SMILES string of the molecule is CCOc1ccc(S(=O)(=O)N2CCN(c3ccccc3)C(C)C2)cc1. The highest BCUT2D eigenvalue weighted by Gasteiger charge is 2.32. The summed E-state index contributed by atoms with van der Waals surface area (Å²) in [4.78, 5) is 2.57. The molecule has 3 rings (SSSR count). The van der Waals surface area contributed by atoms with E-state index in [1.807, 2.05) is 25.1 Å². The van der Waals surface area contributed by atoms with Crippen LogP contribution >= 0.6 is 0 Å². The average molecular weight is 360 g/mol. The molecule has 5 nitrogen and oxygen atoms in total. The van der Waals surface area contributed by atoms with Crippen LogP contribution < -0.4 is 9.64 Å². The van der Waals surface area contributed by atoms with E-state index in [-0.39, 0.29) is 6.04 Å². The van der Waals surface area contributed by atoms with Crippen LogP contribution in [0.5, 0.6) is 5.75 Å². The Balaban J connectivity index is 1.74. The summed E-state index contributed by atoms with van der Waals surface area (Å²) in [6, 6.07) is 16.9. The molecule has 0 aliphatic carbocycles. The van der Waals surface area contributed by atoms with Crippen LogP contribution in [-0.2, 0) is 10.0 Å². The van der Waals surface area contributed by atoms with Crippen molar-refractivity contribution in [3.05, 3.63) is 54.6 Å². The van der Waals surface area contributed by atoms with Crippen LogP contribution in [0.2, 0.25) is 0 Å². The Morgan fingerprint density at radius 3 is 2.32 bits per heavy atom. The highest BCUT2D eigenvalue weighted by Crippen LogP contribution is 2.25.